The van der Waals surface area contributed by atoms with Crippen LogP contribution in [0, 0.1) is 11.3 Å². The maximum atomic E-state index is 11.3. The summed E-state index contributed by atoms with van der Waals surface area (Å²) < 4.78 is 5.24. The molecule has 0 bridgehead atoms. The molecule has 0 aliphatic carbocycles. The highest BCUT2D eigenvalue weighted by Crippen LogP contribution is 2.21. The van der Waals surface area contributed by atoms with Crippen LogP contribution in [0.15, 0.2) is 18.2 Å². The smallest absolute Gasteiger partial charge is 0.258 e. The lowest BCUT2D eigenvalue weighted by Crippen LogP contribution is -2.34. The Hall–Kier alpha value is -1.73. The number of halogens is 1. The van der Waals surface area contributed by atoms with E-state index in [0.717, 1.165) is 0 Å². The van der Waals surface area contributed by atoms with Gasteiger partial charge < -0.3 is 10.1 Å². The van der Waals surface area contributed by atoms with Gasteiger partial charge in [0.15, 0.2) is 6.61 Å². The quantitative estimate of drug-likeness (QED) is 0.893. The number of rotatable bonds is 4. The summed E-state index contributed by atoms with van der Waals surface area (Å²) in [4.78, 5) is 11.3. The van der Waals surface area contributed by atoms with Crippen LogP contribution in [0.1, 0.15) is 19.4 Å². The number of amides is 1. The normalized spacial score (nSPS) is 9.82. The highest BCUT2D eigenvalue weighted by atomic mass is 35.5. The zero-order valence-electron chi connectivity index (χ0n) is 9.66. The summed E-state index contributed by atoms with van der Waals surface area (Å²) in [5, 5.41) is 11.7. The predicted octanol–water partition coefficient (Wildman–Crippen LogP) is 2.12. The van der Waals surface area contributed by atoms with Gasteiger partial charge in [-0.2, -0.15) is 5.26 Å². The zero-order valence-corrected chi connectivity index (χ0v) is 10.4. The molecule has 1 rings (SSSR count). The lowest BCUT2D eigenvalue weighted by molar-refractivity contribution is -0.123. The maximum Gasteiger partial charge on any atom is 0.258 e. The van der Waals surface area contributed by atoms with Crippen LogP contribution in [-0.2, 0) is 4.79 Å². The van der Waals surface area contributed by atoms with E-state index in [1.165, 1.54) is 6.07 Å². The lowest BCUT2D eigenvalue weighted by Gasteiger charge is -2.10. The van der Waals surface area contributed by atoms with Crippen LogP contribution >= 0.6 is 11.6 Å². The van der Waals surface area contributed by atoms with E-state index >= 15 is 0 Å². The fourth-order valence-electron chi connectivity index (χ4n) is 1.19. The van der Waals surface area contributed by atoms with Crippen LogP contribution in [0.5, 0.6) is 5.75 Å². The molecule has 90 valence electrons. The van der Waals surface area contributed by atoms with E-state index < -0.39 is 0 Å². The Kier molecular flexibility index (Phi) is 4.80. The summed E-state index contributed by atoms with van der Waals surface area (Å²) in [5.41, 5.74) is 0.380. The minimum atomic E-state index is -0.194. The molecule has 0 spiro atoms. The van der Waals surface area contributed by atoms with Crippen LogP contribution in [0.4, 0.5) is 0 Å². The third kappa shape index (κ3) is 4.33. The van der Waals surface area contributed by atoms with E-state index in [4.69, 9.17) is 21.6 Å². The van der Waals surface area contributed by atoms with Crippen LogP contribution < -0.4 is 10.1 Å². The Morgan fingerprint density at radius 2 is 2.29 bits per heavy atom. The first-order chi connectivity index (χ1) is 8.02. The van der Waals surface area contributed by atoms with Crippen molar-refractivity contribution in [3.05, 3.63) is 28.8 Å². The maximum absolute atomic E-state index is 11.3. The molecule has 0 unspecified atom stereocenters. The molecule has 17 heavy (non-hydrogen) atoms. The van der Waals surface area contributed by atoms with Gasteiger partial charge in [-0.3, -0.25) is 4.79 Å². The standard InChI is InChI=1S/C12H13ClN2O2/c1-8(2)15-12(16)7-17-10-4-3-9(6-14)11(13)5-10/h3-5,8H,7H2,1-2H3,(H,15,16). The number of nitriles is 1. The summed E-state index contributed by atoms with van der Waals surface area (Å²) in [7, 11) is 0. The number of hydrogen-bond donors (Lipinski definition) is 1. The Morgan fingerprint density at radius 3 is 2.82 bits per heavy atom. The Labute approximate surface area is 105 Å². The molecule has 0 fully saturated rings. The van der Waals surface area contributed by atoms with Crippen molar-refractivity contribution in [3.63, 3.8) is 0 Å². The van der Waals surface area contributed by atoms with Gasteiger partial charge in [0.2, 0.25) is 0 Å². The highest BCUT2D eigenvalue weighted by molar-refractivity contribution is 6.31. The van der Waals surface area contributed by atoms with Crippen molar-refractivity contribution in [3.8, 4) is 11.8 Å². The topological polar surface area (TPSA) is 62.1 Å². The molecule has 0 aliphatic heterocycles. The van der Waals surface area contributed by atoms with Gasteiger partial charge >= 0.3 is 0 Å². The van der Waals surface area contributed by atoms with Crippen molar-refractivity contribution in [2.45, 2.75) is 19.9 Å². The van der Waals surface area contributed by atoms with E-state index in [0.29, 0.717) is 16.3 Å². The van der Waals surface area contributed by atoms with E-state index in [2.05, 4.69) is 5.32 Å². The monoisotopic (exact) mass is 252 g/mol. The van der Waals surface area contributed by atoms with Crippen molar-refractivity contribution in [1.82, 2.24) is 5.32 Å². The van der Waals surface area contributed by atoms with Gasteiger partial charge in [0.05, 0.1) is 10.6 Å². The second-order valence-electron chi connectivity index (χ2n) is 3.76. The molecule has 1 aromatic carbocycles. The molecule has 0 atom stereocenters. The first-order valence-electron chi connectivity index (χ1n) is 5.14. The van der Waals surface area contributed by atoms with E-state index in [9.17, 15) is 4.79 Å². The molecule has 1 N–H and O–H groups in total. The van der Waals surface area contributed by atoms with Crippen molar-refractivity contribution in [2.24, 2.45) is 0 Å². The van der Waals surface area contributed by atoms with Crippen molar-refractivity contribution >= 4 is 17.5 Å². The van der Waals surface area contributed by atoms with Crippen LogP contribution in [0.3, 0.4) is 0 Å². The highest BCUT2D eigenvalue weighted by Gasteiger charge is 2.06. The first kappa shape index (κ1) is 13.3. The summed E-state index contributed by atoms with van der Waals surface area (Å²) in [6.07, 6.45) is 0. The molecule has 0 heterocycles. The molecule has 4 nitrogen and oxygen atoms in total. The molecular weight excluding hydrogens is 240 g/mol. The average Bonchev–Trinajstić information content (AvgIpc) is 2.25. The van der Waals surface area contributed by atoms with Crippen molar-refractivity contribution in [1.29, 1.82) is 5.26 Å². The van der Waals surface area contributed by atoms with E-state index in [-0.39, 0.29) is 18.6 Å². The van der Waals surface area contributed by atoms with Gasteiger partial charge in [-0.05, 0) is 26.0 Å². The Bertz CT molecular complexity index is 452. The van der Waals surface area contributed by atoms with Crippen molar-refractivity contribution in [2.75, 3.05) is 6.61 Å². The Balaban J connectivity index is 2.56. The number of benzene rings is 1. The third-order valence-corrected chi connectivity index (χ3v) is 2.19. The van der Waals surface area contributed by atoms with Crippen molar-refractivity contribution < 1.29 is 9.53 Å². The van der Waals surface area contributed by atoms with E-state index in [1.54, 1.807) is 12.1 Å². The van der Waals surface area contributed by atoms with Crippen LogP contribution in [0.25, 0.3) is 0 Å². The SMILES string of the molecule is CC(C)NC(=O)COc1ccc(C#N)c(Cl)c1. The van der Waals surface area contributed by atoms with Gasteiger partial charge in [0.25, 0.3) is 5.91 Å². The minimum absolute atomic E-state index is 0.0690. The number of carbonyl (C=O) groups excluding carboxylic acids is 1. The summed E-state index contributed by atoms with van der Waals surface area (Å²) in [6.45, 7) is 3.67. The molecular formula is C12H13ClN2O2. The van der Waals surface area contributed by atoms with Gasteiger partial charge in [-0.25, -0.2) is 0 Å². The van der Waals surface area contributed by atoms with Gasteiger partial charge in [-0.15, -0.1) is 0 Å². The second-order valence-corrected chi connectivity index (χ2v) is 4.17. The predicted molar refractivity (Wildman–Crippen MR) is 64.9 cm³/mol. The van der Waals surface area contributed by atoms with Gasteiger partial charge in [0, 0.05) is 12.1 Å². The lowest BCUT2D eigenvalue weighted by atomic mass is 10.2. The zero-order chi connectivity index (χ0) is 12.8. The molecule has 0 saturated carbocycles. The van der Waals surface area contributed by atoms with Gasteiger partial charge in [-0.1, -0.05) is 11.6 Å². The minimum Gasteiger partial charge on any atom is -0.484 e. The second kappa shape index (κ2) is 6.12. The van der Waals surface area contributed by atoms with E-state index in [1.807, 2.05) is 19.9 Å². The summed E-state index contributed by atoms with van der Waals surface area (Å²) in [6, 6.07) is 6.70. The molecule has 0 aromatic heterocycles. The largest absolute Gasteiger partial charge is 0.484 e. The number of carbonyl (C=O) groups is 1. The van der Waals surface area contributed by atoms with Crippen LogP contribution in [-0.4, -0.2) is 18.6 Å². The third-order valence-electron chi connectivity index (χ3n) is 1.88. The molecule has 0 aliphatic rings. The fourth-order valence-corrected chi connectivity index (χ4v) is 1.40. The molecule has 0 saturated heterocycles. The van der Waals surface area contributed by atoms with Gasteiger partial charge in [0.1, 0.15) is 11.8 Å². The van der Waals surface area contributed by atoms with Crippen LogP contribution in [0.2, 0.25) is 5.02 Å². The number of ether oxygens (including phenoxy) is 1. The molecule has 5 heteroatoms. The Morgan fingerprint density at radius 1 is 1.59 bits per heavy atom. The summed E-state index contributed by atoms with van der Waals surface area (Å²) >= 11 is 5.83. The molecule has 1 amide bonds. The number of hydrogen-bond acceptors (Lipinski definition) is 3. The number of nitrogens with zero attached hydrogens (tertiary/aromatic N) is 1. The fraction of sp³-hybridized carbons (Fsp3) is 0.333. The molecule has 1 aromatic rings. The first-order valence-corrected chi connectivity index (χ1v) is 5.52. The molecule has 0 radical (unpaired) electrons. The number of nitrogens with one attached hydrogen (secondary N) is 1. The average molecular weight is 253 g/mol. The summed E-state index contributed by atoms with van der Waals surface area (Å²) in [5.74, 6) is 0.272.